The number of pyridine rings is 2. The third-order valence-corrected chi connectivity index (χ3v) is 6.95. The summed E-state index contributed by atoms with van der Waals surface area (Å²) in [6.07, 6.45) is 1.66. The minimum Gasteiger partial charge on any atom is -0.384 e. The highest BCUT2D eigenvalue weighted by atomic mass is 19.1. The number of hydrogen-bond donors (Lipinski definition) is 1. The molecule has 2 N–H and O–H groups in total. The maximum absolute atomic E-state index is 15.3. The van der Waals surface area contributed by atoms with Crippen LogP contribution in [0.15, 0.2) is 48.7 Å². The average Bonchev–Trinajstić information content (AvgIpc) is 3.49. The van der Waals surface area contributed by atoms with Gasteiger partial charge < -0.3 is 15.5 Å². The van der Waals surface area contributed by atoms with Gasteiger partial charge in [-0.1, -0.05) is 13.8 Å². The molecular weight excluding hydrogens is 441 g/mol. The van der Waals surface area contributed by atoms with Gasteiger partial charge in [-0.3, -0.25) is 4.57 Å². The Labute approximate surface area is 205 Å². The van der Waals surface area contributed by atoms with Crippen molar-refractivity contribution in [2.24, 2.45) is 11.8 Å². The van der Waals surface area contributed by atoms with Crippen molar-refractivity contribution in [3.8, 4) is 16.9 Å². The van der Waals surface area contributed by atoms with E-state index in [4.69, 9.17) is 10.7 Å². The van der Waals surface area contributed by atoms with E-state index in [9.17, 15) is 0 Å². The predicted octanol–water partition coefficient (Wildman–Crippen LogP) is 4.54. The second kappa shape index (κ2) is 9.26. The number of halogens is 1. The van der Waals surface area contributed by atoms with Crippen LogP contribution in [0.1, 0.15) is 19.7 Å². The van der Waals surface area contributed by atoms with Crippen LogP contribution in [0.5, 0.6) is 0 Å². The van der Waals surface area contributed by atoms with Crippen molar-refractivity contribution in [2.45, 2.75) is 20.8 Å². The number of likely N-dealkylation sites (tertiary alicyclic amines) is 1. The fraction of sp³-hybridized carbons (Fsp3) is 0.370. The van der Waals surface area contributed by atoms with Gasteiger partial charge in [0, 0.05) is 44.0 Å². The lowest BCUT2D eigenvalue weighted by atomic mass is 10.0. The molecule has 3 aromatic heterocycles. The molecule has 0 saturated carbocycles. The quantitative estimate of drug-likeness (QED) is 0.471. The molecule has 0 radical (unpaired) electrons. The zero-order valence-electron chi connectivity index (χ0n) is 20.7. The number of nitrogen functional groups attached to an aromatic ring is 1. The number of nitrogens with two attached hydrogens (primary N) is 1. The molecular formula is C27H32FN7. The number of imidazole rings is 1. The van der Waals surface area contributed by atoms with Gasteiger partial charge >= 0.3 is 0 Å². The first-order chi connectivity index (χ1) is 17.0. The van der Waals surface area contributed by atoms with Gasteiger partial charge in [-0.25, -0.2) is 19.3 Å². The van der Waals surface area contributed by atoms with Crippen molar-refractivity contribution in [1.82, 2.24) is 24.4 Å². The molecule has 6 rings (SSSR count). The lowest BCUT2D eigenvalue weighted by molar-refractivity contribution is 0.386. The molecule has 7 nitrogen and oxygen atoms in total. The highest BCUT2D eigenvalue weighted by Gasteiger charge is 2.39. The maximum atomic E-state index is 15.3. The van der Waals surface area contributed by atoms with Gasteiger partial charge in [0.2, 0.25) is 0 Å². The topological polar surface area (TPSA) is 76.1 Å². The second-order valence-corrected chi connectivity index (χ2v) is 9.29. The lowest BCUT2D eigenvalue weighted by Gasteiger charge is -2.22. The van der Waals surface area contributed by atoms with Crippen LogP contribution in [0.3, 0.4) is 0 Å². The second-order valence-electron chi connectivity index (χ2n) is 9.29. The standard InChI is InChI=1S/C25H26FN7.C2H6/c1-15-29-22-5-4-21(16-7-8-28-24(27)9-16)30-25(22)33(15)19-3-6-23(20(26)10-19)32-13-17-11-31(2)12-18(17)14-32;1-2/h3-10,17-18H,11-14H2,1-2H3,(H2,27,28);1-2H3/t17-,18+;. The number of hydrogen-bond acceptors (Lipinski definition) is 6. The Balaban J connectivity index is 0.00000124. The summed E-state index contributed by atoms with van der Waals surface area (Å²) in [4.78, 5) is 18.1. The van der Waals surface area contributed by atoms with Crippen molar-refractivity contribution in [3.63, 3.8) is 0 Å². The Hall–Kier alpha value is -3.52. The van der Waals surface area contributed by atoms with Crippen LogP contribution in [0.4, 0.5) is 15.9 Å². The molecule has 0 bridgehead atoms. The van der Waals surface area contributed by atoms with Crippen molar-refractivity contribution >= 4 is 22.7 Å². The zero-order valence-corrected chi connectivity index (χ0v) is 20.7. The first-order valence-corrected chi connectivity index (χ1v) is 12.3. The molecule has 35 heavy (non-hydrogen) atoms. The van der Waals surface area contributed by atoms with E-state index in [-0.39, 0.29) is 5.82 Å². The van der Waals surface area contributed by atoms with E-state index in [1.807, 2.05) is 55.7 Å². The Morgan fingerprint density at radius 1 is 0.943 bits per heavy atom. The molecule has 2 fully saturated rings. The number of aromatic nitrogens is 4. The minimum absolute atomic E-state index is 0.208. The summed E-state index contributed by atoms with van der Waals surface area (Å²) in [5, 5.41) is 0. The van der Waals surface area contributed by atoms with Crippen LogP contribution in [-0.2, 0) is 0 Å². The number of anilines is 2. The van der Waals surface area contributed by atoms with E-state index in [2.05, 4.69) is 26.8 Å². The van der Waals surface area contributed by atoms with Crippen LogP contribution >= 0.6 is 0 Å². The van der Waals surface area contributed by atoms with Crippen LogP contribution in [0, 0.1) is 24.6 Å². The molecule has 2 aliphatic heterocycles. The normalized spacial score (nSPS) is 19.6. The third kappa shape index (κ3) is 4.23. The van der Waals surface area contributed by atoms with Gasteiger partial charge in [0.15, 0.2) is 5.65 Å². The molecule has 1 aromatic carbocycles. The molecule has 8 heteroatoms. The zero-order chi connectivity index (χ0) is 24.7. The van der Waals surface area contributed by atoms with E-state index in [1.165, 1.54) is 0 Å². The molecule has 0 unspecified atom stereocenters. The first kappa shape index (κ1) is 23.2. The van der Waals surface area contributed by atoms with E-state index in [1.54, 1.807) is 18.3 Å². The largest absolute Gasteiger partial charge is 0.384 e. The van der Waals surface area contributed by atoms with E-state index >= 15 is 4.39 Å². The van der Waals surface area contributed by atoms with Crippen LogP contribution in [-0.4, -0.2) is 57.6 Å². The fourth-order valence-electron chi connectivity index (χ4n) is 5.46. The maximum Gasteiger partial charge on any atom is 0.165 e. The summed E-state index contributed by atoms with van der Waals surface area (Å²) in [6.45, 7) is 9.93. The van der Waals surface area contributed by atoms with E-state index in [0.29, 0.717) is 34.7 Å². The molecule has 2 atom stereocenters. The number of benzene rings is 1. The van der Waals surface area contributed by atoms with Gasteiger partial charge in [0.1, 0.15) is 23.0 Å². The summed E-state index contributed by atoms with van der Waals surface area (Å²) >= 11 is 0. The Morgan fingerprint density at radius 3 is 2.37 bits per heavy atom. The van der Waals surface area contributed by atoms with Gasteiger partial charge in [0.25, 0.3) is 0 Å². The van der Waals surface area contributed by atoms with Crippen molar-refractivity contribution in [1.29, 1.82) is 0 Å². The van der Waals surface area contributed by atoms with Gasteiger partial charge in [-0.2, -0.15) is 0 Å². The SMILES string of the molecule is CC.Cc1nc2ccc(-c3ccnc(N)c3)nc2n1-c1ccc(N2C[C@H]3CN(C)C[C@H]3C2)c(F)c1. The summed E-state index contributed by atoms with van der Waals surface area (Å²) in [6, 6.07) is 13.0. The number of fused-ring (bicyclic) bond motifs is 2. The molecule has 2 aliphatic rings. The van der Waals surface area contributed by atoms with Crippen LogP contribution in [0.2, 0.25) is 0 Å². The smallest absolute Gasteiger partial charge is 0.165 e. The van der Waals surface area contributed by atoms with E-state index in [0.717, 1.165) is 48.8 Å². The van der Waals surface area contributed by atoms with Crippen LogP contribution in [0.25, 0.3) is 28.1 Å². The fourth-order valence-corrected chi connectivity index (χ4v) is 5.46. The van der Waals surface area contributed by atoms with Gasteiger partial charge in [-0.15, -0.1) is 0 Å². The van der Waals surface area contributed by atoms with Crippen molar-refractivity contribution in [3.05, 3.63) is 60.3 Å². The predicted molar refractivity (Wildman–Crippen MR) is 139 cm³/mol. The molecule has 0 aliphatic carbocycles. The molecule has 0 amide bonds. The number of nitrogens with zero attached hydrogens (tertiary/aromatic N) is 6. The Kier molecular flexibility index (Phi) is 6.15. The monoisotopic (exact) mass is 473 g/mol. The average molecular weight is 474 g/mol. The molecule has 4 aromatic rings. The number of rotatable bonds is 3. The van der Waals surface area contributed by atoms with Crippen molar-refractivity contribution < 1.29 is 4.39 Å². The molecule has 2 saturated heterocycles. The minimum atomic E-state index is -0.208. The Morgan fingerprint density at radius 2 is 1.69 bits per heavy atom. The van der Waals surface area contributed by atoms with Crippen LogP contribution < -0.4 is 10.6 Å². The summed E-state index contributed by atoms with van der Waals surface area (Å²) in [5.41, 5.74) is 10.3. The Bertz CT molecular complexity index is 1350. The van der Waals surface area contributed by atoms with Gasteiger partial charge in [0.05, 0.1) is 17.1 Å². The summed E-state index contributed by atoms with van der Waals surface area (Å²) in [5.74, 6) is 2.24. The molecule has 0 spiro atoms. The molecule has 182 valence electrons. The molecule has 5 heterocycles. The summed E-state index contributed by atoms with van der Waals surface area (Å²) < 4.78 is 17.2. The van der Waals surface area contributed by atoms with E-state index < -0.39 is 0 Å². The lowest BCUT2D eigenvalue weighted by Crippen LogP contribution is -2.27. The third-order valence-electron chi connectivity index (χ3n) is 6.95. The van der Waals surface area contributed by atoms with Crippen molar-refractivity contribution in [2.75, 3.05) is 43.9 Å². The summed E-state index contributed by atoms with van der Waals surface area (Å²) in [7, 11) is 2.17. The number of aryl methyl sites for hydroxylation is 1. The van der Waals surface area contributed by atoms with Gasteiger partial charge in [-0.05, 0) is 62.2 Å². The highest BCUT2D eigenvalue weighted by Crippen LogP contribution is 2.35. The highest BCUT2D eigenvalue weighted by molar-refractivity contribution is 5.78. The first-order valence-electron chi connectivity index (χ1n) is 12.3.